The van der Waals surface area contributed by atoms with Gasteiger partial charge in [-0.1, -0.05) is 83.9 Å². The maximum atomic E-state index is 14.0. The number of thiophene rings is 1. The highest BCUT2D eigenvalue weighted by molar-refractivity contribution is 8.00. The number of rotatable bonds is 10. The molecular formula is C40H31Cl2N5O4S2. The summed E-state index contributed by atoms with van der Waals surface area (Å²) in [6.07, 6.45) is 1.96. The molecule has 0 spiro atoms. The second-order valence-corrected chi connectivity index (χ2v) is 15.0. The van der Waals surface area contributed by atoms with Crippen molar-refractivity contribution >= 4 is 86.7 Å². The molecule has 4 aromatic carbocycles. The number of halogens is 2. The van der Waals surface area contributed by atoms with Crippen LogP contribution in [0.5, 0.6) is 0 Å². The number of nitrogens with one attached hydrogen (secondary N) is 3. The Labute approximate surface area is 324 Å². The van der Waals surface area contributed by atoms with Crippen molar-refractivity contribution in [1.29, 1.82) is 5.26 Å². The maximum absolute atomic E-state index is 14.0. The second-order valence-electron chi connectivity index (χ2n) is 11.9. The summed E-state index contributed by atoms with van der Waals surface area (Å²) in [7, 11) is 0. The Morgan fingerprint density at radius 2 is 1.58 bits per heavy atom. The zero-order valence-corrected chi connectivity index (χ0v) is 31.3. The Balaban J connectivity index is 1.25. The highest BCUT2D eigenvalue weighted by atomic mass is 35.5. The molecule has 1 aromatic heterocycles. The first-order valence-corrected chi connectivity index (χ1v) is 18.8. The summed E-state index contributed by atoms with van der Waals surface area (Å²) in [5, 5.41) is 18.9. The molecule has 0 fully saturated rings. The molecule has 0 aliphatic carbocycles. The number of anilines is 2. The molecule has 1 aliphatic heterocycles. The Morgan fingerprint density at radius 1 is 0.906 bits per heavy atom. The van der Waals surface area contributed by atoms with Crippen molar-refractivity contribution in [3.8, 4) is 6.07 Å². The average Bonchev–Trinajstić information content (AvgIpc) is 3.51. The van der Waals surface area contributed by atoms with Gasteiger partial charge in [0.05, 0.1) is 12.1 Å². The number of thioether (sulfide) groups is 1. The van der Waals surface area contributed by atoms with Crippen LogP contribution in [0.15, 0.2) is 114 Å². The van der Waals surface area contributed by atoms with Gasteiger partial charge in [-0.2, -0.15) is 5.26 Å². The van der Waals surface area contributed by atoms with Gasteiger partial charge < -0.3 is 20.9 Å². The summed E-state index contributed by atoms with van der Waals surface area (Å²) in [6, 6.07) is 31.9. The lowest BCUT2D eigenvalue weighted by molar-refractivity contribution is -0.129. The summed E-state index contributed by atoms with van der Waals surface area (Å²) in [5.74, 6) is -1.50. The van der Waals surface area contributed by atoms with Crippen molar-refractivity contribution in [3.05, 3.63) is 152 Å². The summed E-state index contributed by atoms with van der Waals surface area (Å²) >= 11 is 15.4. The molecule has 4 amide bonds. The number of amides is 4. The van der Waals surface area contributed by atoms with Crippen molar-refractivity contribution in [1.82, 2.24) is 10.2 Å². The number of nitrogens with zero attached hydrogens (tertiary/aromatic N) is 2. The lowest BCUT2D eigenvalue weighted by Gasteiger charge is -2.25. The van der Waals surface area contributed by atoms with Crippen molar-refractivity contribution in [2.24, 2.45) is 0 Å². The zero-order valence-electron chi connectivity index (χ0n) is 28.2. The fraction of sp³-hybridized carbons (Fsp3) is 0.125. The number of benzene rings is 4. The molecule has 266 valence electrons. The predicted octanol–water partition coefficient (Wildman–Crippen LogP) is 8.71. The Hall–Kier alpha value is -5.38. The highest BCUT2D eigenvalue weighted by Crippen LogP contribution is 2.41. The van der Waals surface area contributed by atoms with Crippen LogP contribution in [0.4, 0.5) is 10.7 Å². The molecule has 6 rings (SSSR count). The molecule has 0 radical (unpaired) electrons. The van der Waals surface area contributed by atoms with Crippen LogP contribution >= 0.6 is 46.3 Å². The molecule has 0 saturated carbocycles. The van der Waals surface area contributed by atoms with Gasteiger partial charge in [0.15, 0.2) is 0 Å². The molecular weight excluding hydrogens is 750 g/mol. The van der Waals surface area contributed by atoms with Gasteiger partial charge in [0, 0.05) is 50.1 Å². The van der Waals surface area contributed by atoms with E-state index in [0.29, 0.717) is 61.8 Å². The first-order valence-electron chi connectivity index (χ1n) is 16.4. The van der Waals surface area contributed by atoms with Crippen molar-refractivity contribution < 1.29 is 19.2 Å². The number of hydrogen-bond donors (Lipinski definition) is 3. The van der Waals surface area contributed by atoms with Crippen molar-refractivity contribution in [2.75, 3.05) is 17.2 Å². The van der Waals surface area contributed by atoms with E-state index in [-0.39, 0.29) is 17.5 Å². The van der Waals surface area contributed by atoms with E-state index in [2.05, 4.69) is 22.0 Å². The summed E-state index contributed by atoms with van der Waals surface area (Å²) in [4.78, 5) is 56.3. The topological polar surface area (TPSA) is 131 Å². The molecule has 9 nitrogen and oxygen atoms in total. The van der Waals surface area contributed by atoms with Crippen molar-refractivity contribution in [3.63, 3.8) is 0 Å². The second kappa shape index (κ2) is 17.0. The smallest absolute Gasteiger partial charge is 0.272 e. The highest BCUT2D eigenvalue weighted by Gasteiger charge is 2.29. The quantitative estimate of drug-likeness (QED) is 0.0960. The van der Waals surface area contributed by atoms with E-state index < -0.39 is 17.1 Å². The number of carbonyl (C=O) groups excluding carboxylic acids is 4. The third kappa shape index (κ3) is 8.99. The van der Waals surface area contributed by atoms with E-state index >= 15 is 0 Å². The third-order valence-corrected chi connectivity index (χ3v) is 11.4. The minimum Gasteiger partial charge on any atom is -0.337 e. The van der Waals surface area contributed by atoms with Gasteiger partial charge in [0.25, 0.3) is 11.8 Å². The first kappa shape index (κ1) is 37.4. The minimum atomic E-state index is -0.732. The lowest BCUT2D eigenvalue weighted by Crippen LogP contribution is -2.33. The van der Waals surface area contributed by atoms with E-state index in [9.17, 15) is 24.4 Å². The van der Waals surface area contributed by atoms with Crippen LogP contribution in [-0.4, -0.2) is 35.1 Å². The number of fused-ring (bicyclic) bond motifs is 1. The molecule has 3 N–H and O–H groups in total. The number of hydrogen-bond acceptors (Lipinski definition) is 7. The third-order valence-electron chi connectivity index (χ3n) is 8.35. The summed E-state index contributed by atoms with van der Waals surface area (Å²) < 4.78 is 0. The van der Waals surface area contributed by atoms with Crippen LogP contribution in [0.25, 0.3) is 6.08 Å². The molecule has 1 aliphatic rings. The monoisotopic (exact) mass is 779 g/mol. The van der Waals surface area contributed by atoms with Gasteiger partial charge in [-0.15, -0.1) is 23.1 Å². The van der Waals surface area contributed by atoms with E-state index in [1.54, 1.807) is 71.6 Å². The zero-order chi connectivity index (χ0) is 37.5. The van der Waals surface area contributed by atoms with E-state index in [1.165, 1.54) is 36.1 Å². The van der Waals surface area contributed by atoms with Crippen LogP contribution in [0.3, 0.4) is 0 Å². The predicted molar refractivity (Wildman–Crippen MR) is 211 cm³/mol. The summed E-state index contributed by atoms with van der Waals surface area (Å²) in [5.41, 5.74) is 3.04. The van der Waals surface area contributed by atoms with Gasteiger partial charge in [0.1, 0.15) is 22.0 Å². The fourth-order valence-corrected chi connectivity index (χ4v) is 8.48. The van der Waals surface area contributed by atoms with E-state index in [0.717, 1.165) is 16.0 Å². The van der Waals surface area contributed by atoms with Crippen LogP contribution < -0.4 is 16.0 Å². The molecule has 1 unspecified atom stereocenters. The number of carbonyl (C=O) groups is 4. The lowest BCUT2D eigenvalue weighted by atomic mass is 10.0. The van der Waals surface area contributed by atoms with Gasteiger partial charge >= 0.3 is 0 Å². The SMILES string of the molecule is CC(=O)N1CCc2c(sc(NC(=O)C(Sc3cccc(NC(=O)/C(=C\c4c(Cl)cccc4Cl)NC(=O)c4ccccc4)c3)c3ccccc3)c2C#N)C1. The van der Waals surface area contributed by atoms with Gasteiger partial charge in [-0.3, -0.25) is 19.2 Å². The molecule has 2 heterocycles. The molecule has 0 saturated heterocycles. The van der Waals surface area contributed by atoms with Crippen LogP contribution in [0.2, 0.25) is 10.0 Å². The van der Waals surface area contributed by atoms with Crippen molar-refractivity contribution in [2.45, 2.75) is 30.0 Å². The Morgan fingerprint density at radius 3 is 2.26 bits per heavy atom. The molecule has 53 heavy (non-hydrogen) atoms. The van der Waals surface area contributed by atoms with E-state index in [1.807, 2.05) is 36.4 Å². The average molecular weight is 781 g/mol. The molecule has 13 heteroatoms. The fourth-order valence-electron chi connectivity index (χ4n) is 5.67. The number of nitriles is 1. The molecule has 5 aromatic rings. The maximum Gasteiger partial charge on any atom is 0.272 e. The van der Waals surface area contributed by atoms with Gasteiger partial charge in [-0.05, 0) is 66.1 Å². The standard InChI is InChI=1S/C40H31Cl2N5O4S2/c1-24(48)47-19-18-29-31(22-43)40(53-35(29)23-47)46-39(51)36(25-10-4-2-5-11-25)52-28-15-8-14-27(20-28)44-38(50)34(21-30-32(41)16-9-17-33(30)42)45-37(49)26-12-6-3-7-13-26/h2-17,20-21,36H,18-19,23H2,1H3,(H,44,50)(H,45,49)(H,46,51)/b34-21+. The van der Waals surface area contributed by atoms with Gasteiger partial charge in [0.2, 0.25) is 11.8 Å². The Bertz CT molecular complexity index is 2250. The van der Waals surface area contributed by atoms with Crippen LogP contribution in [-0.2, 0) is 27.3 Å². The van der Waals surface area contributed by atoms with Gasteiger partial charge in [-0.25, -0.2) is 0 Å². The van der Waals surface area contributed by atoms with Crippen LogP contribution in [0, 0.1) is 11.3 Å². The molecule has 1 atom stereocenters. The largest absolute Gasteiger partial charge is 0.337 e. The molecule has 0 bridgehead atoms. The normalized spacial score (nSPS) is 12.9. The minimum absolute atomic E-state index is 0.0405. The van der Waals surface area contributed by atoms with E-state index in [4.69, 9.17) is 23.2 Å². The Kier molecular flexibility index (Phi) is 12.0. The van der Waals surface area contributed by atoms with Crippen LogP contribution in [0.1, 0.15) is 49.7 Å². The first-order chi connectivity index (χ1) is 25.6. The summed E-state index contributed by atoms with van der Waals surface area (Å²) in [6.45, 7) is 2.43.